The Bertz CT molecular complexity index is 3070. The van der Waals surface area contributed by atoms with Crippen LogP contribution in [0, 0.1) is 13.8 Å². The molecule has 0 N–H and O–H groups in total. The number of hydrogen-bond donors (Lipinski definition) is 0. The third-order valence-electron chi connectivity index (χ3n) is 13.6. The lowest BCUT2D eigenvalue weighted by atomic mass is 9.33. The van der Waals surface area contributed by atoms with E-state index in [-0.39, 0.29) is 23.0 Å². The van der Waals surface area contributed by atoms with Crippen molar-refractivity contribution in [3.63, 3.8) is 0 Å². The first-order chi connectivity index (χ1) is 29.3. The summed E-state index contributed by atoms with van der Waals surface area (Å²) >= 11 is 1.82. The van der Waals surface area contributed by atoms with Crippen molar-refractivity contribution in [2.75, 3.05) is 9.80 Å². The molecule has 5 heteroatoms. The molecule has 0 saturated heterocycles. The van der Waals surface area contributed by atoms with E-state index in [0.29, 0.717) is 5.92 Å². The molecule has 0 amide bonds. The molecule has 2 aliphatic rings. The Balaban J connectivity index is 1.32. The Kier molecular flexibility index (Phi) is 9.15. The first-order valence-electron chi connectivity index (χ1n) is 22.5. The van der Waals surface area contributed by atoms with Gasteiger partial charge in [0.15, 0.2) is 0 Å². The van der Waals surface area contributed by atoms with Gasteiger partial charge in [0.25, 0.3) is 6.71 Å². The van der Waals surface area contributed by atoms with Gasteiger partial charge in [0.2, 0.25) is 5.88 Å². The number of benzene rings is 6. The molecule has 0 aliphatic carbocycles. The van der Waals surface area contributed by atoms with Crippen molar-refractivity contribution < 1.29 is 4.42 Å². The van der Waals surface area contributed by atoms with Gasteiger partial charge in [0.1, 0.15) is 5.58 Å². The molecule has 0 spiro atoms. The van der Waals surface area contributed by atoms with Gasteiger partial charge in [-0.05, 0) is 152 Å². The molecule has 10 rings (SSSR count). The highest BCUT2D eigenvalue weighted by Gasteiger charge is 2.47. The van der Waals surface area contributed by atoms with Crippen LogP contribution < -0.4 is 26.2 Å². The summed E-state index contributed by atoms with van der Waals surface area (Å²) in [4.78, 5) is 5.07. The summed E-state index contributed by atoms with van der Waals surface area (Å²) in [6.45, 7) is 30.0. The van der Waals surface area contributed by atoms with Crippen LogP contribution >= 0.6 is 11.3 Å². The minimum absolute atomic E-state index is 0.0311. The Morgan fingerprint density at radius 2 is 1.18 bits per heavy atom. The van der Waals surface area contributed by atoms with Gasteiger partial charge in [0, 0.05) is 49.2 Å². The van der Waals surface area contributed by atoms with Gasteiger partial charge in [-0.15, -0.1) is 11.3 Å². The highest BCUT2D eigenvalue weighted by molar-refractivity contribution is 7.17. The Morgan fingerprint density at radius 3 is 1.82 bits per heavy atom. The molecule has 62 heavy (non-hydrogen) atoms. The van der Waals surface area contributed by atoms with Crippen LogP contribution in [-0.4, -0.2) is 6.71 Å². The number of aryl methyl sites for hydroxylation is 2. The molecule has 8 aromatic rings. The van der Waals surface area contributed by atoms with Crippen molar-refractivity contribution in [3.05, 3.63) is 148 Å². The second kappa shape index (κ2) is 14.0. The van der Waals surface area contributed by atoms with Gasteiger partial charge in [0.05, 0.1) is 5.69 Å². The quantitative estimate of drug-likeness (QED) is 0.165. The molecule has 0 saturated carbocycles. The highest BCUT2D eigenvalue weighted by Crippen LogP contribution is 2.50. The van der Waals surface area contributed by atoms with E-state index < -0.39 is 0 Å². The van der Waals surface area contributed by atoms with Crippen LogP contribution in [0.4, 0.5) is 34.3 Å². The van der Waals surface area contributed by atoms with Crippen molar-refractivity contribution in [3.8, 4) is 11.1 Å². The second-order valence-corrected chi connectivity index (χ2v) is 22.3. The Hall–Kier alpha value is -5.52. The predicted octanol–water partition coefficient (Wildman–Crippen LogP) is 15.0. The average Bonchev–Trinajstić information content (AvgIpc) is 3.82. The van der Waals surface area contributed by atoms with E-state index in [1.165, 1.54) is 105 Å². The lowest BCUT2D eigenvalue weighted by Gasteiger charge is -2.44. The largest absolute Gasteiger partial charge is 0.440 e. The summed E-state index contributed by atoms with van der Waals surface area (Å²) in [6.07, 6.45) is 0. The van der Waals surface area contributed by atoms with E-state index in [2.05, 4.69) is 214 Å². The fraction of sp³-hybridized carbons (Fsp3) is 0.298. The van der Waals surface area contributed by atoms with Crippen LogP contribution in [-0.2, 0) is 16.2 Å². The highest BCUT2D eigenvalue weighted by atomic mass is 32.1. The lowest BCUT2D eigenvalue weighted by Crippen LogP contribution is -2.61. The number of nitrogens with zero attached hydrogens (tertiary/aromatic N) is 2. The van der Waals surface area contributed by atoms with Crippen LogP contribution in [0.15, 0.2) is 119 Å². The zero-order chi connectivity index (χ0) is 43.8. The van der Waals surface area contributed by atoms with Gasteiger partial charge >= 0.3 is 0 Å². The summed E-state index contributed by atoms with van der Waals surface area (Å²) in [7, 11) is 0. The van der Waals surface area contributed by atoms with Crippen molar-refractivity contribution in [2.45, 2.75) is 112 Å². The third-order valence-corrected chi connectivity index (χ3v) is 14.6. The first kappa shape index (κ1) is 40.6. The van der Waals surface area contributed by atoms with Gasteiger partial charge in [-0.3, -0.25) is 4.90 Å². The fourth-order valence-electron chi connectivity index (χ4n) is 10.1. The van der Waals surface area contributed by atoms with E-state index in [1.54, 1.807) is 0 Å². The van der Waals surface area contributed by atoms with E-state index in [4.69, 9.17) is 4.42 Å². The van der Waals surface area contributed by atoms with E-state index >= 15 is 0 Å². The lowest BCUT2D eigenvalue weighted by molar-refractivity contribution is 0.589. The number of rotatable bonds is 4. The molecular formula is C57H59BN2OS. The number of thiophene rings is 1. The molecule has 312 valence electrons. The Morgan fingerprint density at radius 1 is 0.581 bits per heavy atom. The number of anilines is 6. The number of fused-ring (bicyclic) bond motifs is 7. The van der Waals surface area contributed by atoms with Crippen LogP contribution in [0.1, 0.15) is 115 Å². The molecule has 0 bridgehead atoms. The van der Waals surface area contributed by atoms with Crippen molar-refractivity contribution in [1.82, 2.24) is 0 Å². The molecule has 0 atom stereocenters. The molecule has 4 heterocycles. The Labute approximate surface area is 373 Å². The SMILES string of the molecule is Cc1cc(-c2csc3ccccc23)cc(C)c1N1c2cc(C(C)C)cc3c2B(c2cc(C(C)(C)C)ccc2N3c2ccc(C(C)(C)C)cc2)c2c1oc1ccc(C(C)(C)C)cc21. The average molecular weight is 831 g/mol. The molecule has 0 fully saturated rings. The van der Waals surface area contributed by atoms with Crippen molar-refractivity contribution >= 4 is 89.8 Å². The van der Waals surface area contributed by atoms with Gasteiger partial charge < -0.3 is 9.32 Å². The number of furan rings is 1. The monoisotopic (exact) mass is 830 g/mol. The minimum Gasteiger partial charge on any atom is -0.440 e. The zero-order valence-electron chi connectivity index (χ0n) is 38.8. The predicted molar refractivity (Wildman–Crippen MR) is 271 cm³/mol. The topological polar surface area (TPSA) is 19.6 Å². The van der Waals surface area contributed by atoms with E-state index in [9.17, 15) is 0 Å². The van der Waals surface area contributed by atoms with E-state index in [0.717, 1.165) is 11.5 Å². The molecular weight excluding hydrogens is 772 g/mol. The third kappa shape index (κ3) is 6.36. The van der Waals surface area contributed by atoms with Gasteiger partial charge in [-0.25, -0.2) is 0 Å². The van der Waals surface area contributed by atoms with Gasteiger partial charge in [-0.2, -0.15) is 0 Å². The van der Waals surface area contributed by atoms with Crippen LogP contribution in [0.5, 0.6) is 0 Å². The van der Waals surface area contributed by atoms with Crippen LogP contribution in [0.3, 0.4) is 0 Å². The minimum atomic E-state index is -0.0524. The number of hydrogen-bond acceptors (Lipinski definition) is 4. The van der Waals surface area contributed by atoms with Crippen LogP contribution in [0.2, 0.25) is 0 Å². The normalized spacial score (nSPS) is 13.9. The maximum Gasteiger partial charge on any atom is 0.257 e. The summed E-state index contributed by atoms with van der Waals surface area (Å²) in [5.74, 6) is 1.22. The first-order valence-corrected chi connectivity index (χ1v) is 23.4. The molecule has 0 radical (unpaired) electrons. The summed E-state index contributed by atoms with van der Waals surface area (Å²) in [5, 5.41) is 4.82. The van der Waals surface area contributed by atoms with Crippen molar-refractivity contribution in [2.24, 2.45) is 0 Å². The maximum atomic E-state index is 7.33. The fourth-order valence-corrected chi connectivity index (χ4v) is 11.1. The molecule has 0 unspecified atom stereocenters. The molecule has 2 aliphatic heterocycles. The summed E-state index contributed by atoms with van der Waals surface area (Å²) < 4.78 is 8.65. The molecule has 2 aromatic heterocycles. The van der Waals surface area contributed by atoms with Gasteiger partial charge in [-0.1, -0.05) is 125 Å². The second-order valence-electron chi connectivity index (χ2n) is 21.4. The van der Waals surface area contributed by atoms with Crippen molar-refractivity contribution in [1.29, 1.82) is 0 Å². The summed E-state index contributed by atoms with van der Waals surface area (Å²) in [5.41, 5.74) is 21.1. The zero-order valence-corrected chi connectivity index (χ0v) is 39.7. The van der Waals surface area contributed by atoms with E-state index in [1.807, 2.05) is 11.3 Å². The smallest absolute Gasteiger partial charge is 0.257 e. The molecule has 3 nitrogen and oxygen atoms in total. The summed E-state index contributed by atoms with van der Waals surface area (Å²) in [6, 6.07) is 42.1. The van der Waals surface area contributed by atoms with Crippen LogP contribution in [0.25, 0.3) is 32.2 Å². The molecule has 6 aromatic carbocycles. The standard InChI is InChI=1S/C57H59BN2OS/c1-33(2)36-28-47-52-48(29-36)60(53-34(3)26-37(27-35(53)4)44-32-62-50-17-15-14-16-42(44)50)54-51(43-30-39(56(8,9)10)21-25-49(43)61-54)58(52)45-31-40(57(11,12)13)20-24-46(45)59(47)41-22-18-38(19-23-41)55(5,6)7/h14-33H,1-13H3. The maximum absolute atomic E-state index is 7.33.